The van der Waals surface area contributed by atoms with Crippen molar-refractivity contribution >= 4 is 22.6 Å². The fourth-order valence-corrected chi connectivity index (χ4v) is 3.38. The third-order valence-corrected chi connectivity index (χ3v) is 4.80. The SMILES string of the molecule is COC1=CC(c2ccc3cc(OC)ccc3c2)=NC1=Cc1[nH]c(C)cc1C. The van der Waals surface area contributed by atoms with Gasteiger partial charge in [0.1, 0.15) is 17.2 Å². The number of nitrogens with zero attached hydrogens (tertiary/aromatic N) is 1. The minimum absolute atomic E-state index is 0.770. The van der Waals surface area contributed by atoms with Crippen molar-refractivity contribution in [2.24, 2.45) is 4.99 Å². The number of benzene rings is 2. The van der Waals surface area contributed by atoms with Crippen molar-refractivity contribution < 1.29 is 9.47 Å². The topological polar surface area (TPSA) is 46.6 Å². The first-order chi connectivity index (χ1) is 13.1. The van der Waals surface area contributed by atoms with Crippen molar-refractivity contribution in [3.63, 3.8) is 0 Å². The number of methoxy groups -OCH3 is 2. The van der Waals surface area contributed by atoms with Gasteiger partial charge in [0, 0.05) is 23.0 Å². The number of aromatic nitrogens is 1. The fraction of sp³-hybridized carbons (Fsp3) is 0.174. The molecule has 0 saturated heterocycles. The molecule has 3 aromatic rings. The summed E-state index contributed by atoms with van der Waals surface area (Å²) in [5.74, 6) is 1.63. The van der Waals surface area contributed by atoms with Gasteiger partial charge in [0.2, 0.25) is 0 Å². The van der Waals surface area contributed by atoms with Crippen LogP contribution < -0.4 is 4.74 Å². The molecule has 2 aromatic carbocycles. The summed E-state index contributed by atoms with van der Waals surface area (Å²) in [5, 5.41) is 2.29. The maximum atomic E-state index is 5.56. The molecule has 0 amide bonds. The molecule has 1 aromatic heterocycles. The highest BCUT2D eigenvalue weighted by atomic mass is 16.5. The first-order valence-corrected chi connectivity index (χ1v) is 8.88. The van der Waals surface area contributed by atoms with Gasteiger partial charge in [-0.25, -0.2) is 4.99 Å². The van der Waals surface area contributed by atoms with Gasteiger partial charge in [0.25, 0.3) is 0 Å². The molecule has 4 heteroatoms. The third kappa shape index (κ3) is 3.26. The van der Waals surface area contributed by atoms with E-state index in [1.165, 1.54) is 5.56 Å². The zero-order chi connectivity index (χ0) is 19.0. The van der Waals surface area contributed by atoms with Gasteiger partial charge >= 0.3 is 0 Å². The summed E-state index contributed by atoms with van der Waals surface area (Å²) >= 11 is 0. The van der Waals surface area contributed by atoms with Crippen LogP contribution in [0.3, 0.4) is 0 Å². The molecule has 0 radical (unpaired) electrons. The number of ether oxygens (including phenoxy) is 2. The van der Waals surface area contributed by atoms with Crippen molar-refractivity contribution in [2.45, 2.75) is 13.8 Å². The van der Waals surface area contributed by atoms with E-state index in [1.807, 2.05) is 24.3 Å². The molecule has 0 aliphatic carbocycles. The van der Waals surface area contributed by atoms with E-state index in [0.29, 0.717) is 0 Å². The third-order valence-electron chi connectivity index (χ3n) is 4.80. The number of aromatic amines is 1. The van der Waals surface area contributed by atoms with Gasteiger partial charge in [0.05, 0.1) is 19.9 Å². The van der Waals surface area contributed by atoms with E-state index >= 15 is 0 Å². The van der Waals surface area contributed by atoms with Gasteiger partial charge in [-0.05, 0) is 60.5 Å². The Balaban J connectivity index is 1.74. The molecule has 0 fully saturated rings. The number of fused-ring (bicyclic) bond motifs is 1. The summed E-state index contributed by atoms with van der Waals surface area (Å²) in [6.07, 6.45) is 4.03. The second-order valence-corrected chi connectivity index (χ2v) is 6.72. The van der Waals surface area contributed by atoms with E-state index < -0.39 is 0 Å². The molecule has 0 unspecified atom stereocenters. The predicted molar refractivity (Wildman–Crippen MR) is 110 cm³/mol. The molecule has 4 rings (SSSR count). The molecule has 1 aliphatic heterocycles. The van der Waals surface area contributed by atoms with Crippen molar-refractivity contribution in [3.8, 4) is 5.75 Å². The molecule has 4 nitrogen and oxygen atoms in total. The Morgan fingerprint density at radius 2 is 1.70 bits per heavy atom. The number of allylic oxidation sites excluding steroid dienone is 1. The number of hydrogen-bond donors (Lipinski definition) is 1. The van der Waals surface area contributed by atoms with Gasteiger partial charge in [-0.1, -0.05) is 18.2 Å². The van der Waals surface area contributed by atoms with Gasteiger partial charge in [-0.3, -0.25) is 0 Å². The maximum Gasteiger partial charge on any atom is 0.146 e. The van der Waals surface area contributed by atoms with Crippen LogP contribution in [0.15, 0.2) is 65.0 Å². The Bertz CT molecular complexity index is 1120. The first kappa shape index (κ1) is 17.2. The van der Waals surface area contributed by atoms with E-state index in [-0.39, 0.29) is 0 Å². The minimum atomic E-state index is 0.770. The van der Waals surface area contributed by atoms with Crippen molar-refractivity contribution in [2.75, 3.05) is 14.2 Å². The fourth-order valence-electron chi connectivity index (χ4n) is 3.38. The van der Waals surface area contributed by atoms with Crippen molar-refractivity contribution in [1.82, 2.24) is 4.98 Å². The van der Waals surface area contributed by atoms with Crippen molar-refractivity contribution in [1.29, 1.82) is 0 Å². The second-order valence-electron chi connectivity index (χ2n) is 6.72. The molecule has 27 heavy (non-hydrogen) atoms. The highest BCUT2D eigenvalue weighted by Crippen LogP contribution is 2.28. The highest BCUT2D eigenvalue weighted by molar-refractivity contribution is 6.13. The second kappa shape index (κ2) is 6.80. The van der Waals surface area contributed by atoms with Crippen LogP contribution in [0.5, 0.6) is 5.75 Å². The summed E-state index contributed by atoms with van der Waals surface area (Å²) in [7, 11) is 3.36. The minimum Gasteiger partial charge on any atom is -0.497 e. The van der Waals surface area contributed by atoms with Crippen LogP contribution in [-0.4, -0.2) is 24.9 Å². The summed E-state index contributed by atoms with van der Waals surface area (Å²) in [6, 6.07) is 14.5. The molecule has 0 spiro atoms. The molecular formula is C23H22N2O2. The summed E-state index contributed by atoms with van der Waals surface area (Å²) < 4.78 is 10.9. The zero-order valence-corrected chi connectivity index (χ0v) is 16.0. The molecule has 1 aliphatic rings. The average Bonchev–Trinajstić information content (AvgIpc) is 3.23. The van der Waals surface area contributed by atoms with E-state index in [9.17, 15) is 0 Å². The lowest BCUT2D eigenvalue weighted by molar-refractivity contribution is 0.303. The van der Waals surface area contributed by atoms with E-state index in [2.05, 4.69) is 49.2 Å². The smallest absolute Gasteiger partial charge is 0.146 e. The van der Waals surface area contributed by atoms with Gasteiger partial charge in [0.15, 0.2) is 0 Å². The van der Waals surface area contributed by atoms with Gasteiger partial charge < -0.3 is 14.5 Å². The van der Waals surface area contributed by atoms with Crippen LogP contribution in [0.4, 0.5) is 0 Å². The van der Waals surface area contributed by atoms with Crippen molar-refractivity contribution in [3.05, 3.63) is 82.5 Å². The molecule has 2 heterocycles. The Kier molecular flexibility index (Phi) is 4.32. The zero-order valence-electron chi connectivity index (χ0n) is 16.0. The summed E-state index contributed by atoms with van der Waals surface area (Å²) in [4.78, 5) is 8.18. The number of aryl methyl sites for hydroxylation is 2. The van der Waals surface area contributed by atoms with Crippen LogP contribution in [0.1, 0.15) is 22.5 Å². The van der Waals surface area contributed by atoms with E-state index in [4.69, 9.17) is 14.5 Å². The number of H-pyrrole nitrogens is 1. The number of nitrogens with one attached hydrogen (secondary N) is 1. The van der Waals surface area contributed by atoms with Crippen LogP contribution in [0.25, 0.3) is 16.8 Å². The number of aliphatic imine (C=N–C) groups is 1. The van der Waals surface area contributed by atoms with Gasteiger partial charge in [-0.15, -0.1) is 0 Å². The molecule has 136 valence electrons. The quantitative estimate of drug-likeness (QED) is 0.699. The number of hydrogen-bond acceptors (Lipinski definition) is 3. The van der Waals surface area contributed by atoms with Crippen LogP contribution in [-0.2, 0) is 4.74 Å². The van der Waals surface area contributed by atoms with Crippen LogP contribution in [0.2, 0.25) is 0 Å². The van der Waals surface area contributed by atoms with E-state index in [1.54, 1.807) is 14.2 Å². The highest BCUT2D eigenvalue weighted by Gasteiger charge is 2.17. The van der Waals surface area contributed by atoms with Crippen LogP contribution in [0, 0.1) is 13.8 Å². The number of rotatable bonds is 4. The summed E-state index contributed by atoms with van der Waals surface area (Å²) in [6.45, 7) is 4.14. The molecular weight excluding hydrogens is 336 g/mol. The standard InChI is InChI=1S/C23H22N2O2/c1-14-9-15(2)24-20(14)12-22-23(27-4)13-21(25-22)18-6-5-17-11-19(26-3)8-7-16(17)10-18/h5-13,24H,1-4H3. The molecule has 0 saturated carbocycles. The molecule has 1 N–H and O–H groups in total. The Morgan fingerprint density at radius 1 is 0.926 bits per heavy atom. The molecule has 0 atom stereocenters. The lowest BCUT2D eigenvalue weighted by Gasteiger charge is -2.04. The normalized spacial score (nSPS) is 15.2. The monoisotopic (exact) mass is 358 g/mol. The predicted octanol–water partition coefficient (Wildman–Crippen LogP) is 5.17. The van der Waals surface area contributed by atoms with Gasteiger partial charge in [-0.2, -0.15) is 0 Å². The first-order valence-electron chi connectivity index (χ1n) is 8.88. The van der Waals surface area contributed by atoms with E-state index in [0.717, 1.165) is 50.6 Å². The lowest BCUT2D eigenvalue weighted by atomic mass is 10.0. The lowest BCUT2D eigenvalue weighted by Crippen LogP contribution is -1.94. The average molecular weight is 358 g/mol. The Labute approximate surface area is 158 Å². The Morgan fingerprint density at radius 3 is 2.41 bits per heavy atom. The maximum absolute atomic E-state index is 5.56. The largest absolute Gasteiger partial charge is 0.497 e. The summed E-state index contributed by atoms with van der Waals surface area (Å²) in [5.41, 5.74) is 6.17. The molecule has 0 bridgehead atoms. The van der Waals surface area contributed by atoms with Crippen LogP contribution >= 0.6 is 0 Å². The Hall–Kier alpha value is -3.27.